The van der Waals surface area contributed by atoms with Crippen molar-refractivity contribution in [1.29, 1.82) is 0 Å². The summed E-state index contributed by atoms with van der Waals surface area (Å²) in [5, 5.41) is 9.71. The Morgan fingerprint density at radius 1 is 1.35 bits per heavy atom. The second-order valence-corrected chi connectivity index (χ2v) is 6.40. The van der Waals surface area contributed by atoms with Gasteiger partial charge in [-0.3, -0.25) is 0 Å². The maximum absolute atomic E-state index is 12.2. The number of thiocarbonyl (C=S) groups is 1. The molecule has 0 aliphatic carbocycles. The summed E-state index contributed by atoms with van der Waals surface area (Å²) in [7, 11) is 1.35. The summed E-state index contributed by atoms with van der Waals surface area (Å²) in [4.78, 5) is 12.2. The van der Waals surface area contributed by atoms with E-state index in [2.05, 4.69) is 17.6 Å². The van der Waals surface area contributed by atoms with Crippen molar-refractivity contribution in [2.75, 3.05) is 19.0 Å². The van der Waals surface area contributed by atoms with E-state index >= 15 is 0 Å². The van der Waals surface area contributed by atoms with Gasteiger partial charge in [-0.25, -0.2) is 4.79 Å². The molecule has 0 fully saturated rings. The number of methoxy groups -OCH3 is 1. The monoisotopic (exact) mass is 368 g/mol. The lowest BCUT2D eigenvalue weighted by Gasteiger charge is -2.11. The first-order chi connectivity index (χ1) is 11.1. The highest BCUT2D eigenvalue weighted by Crippen LogP contribution is 2.38. The summed E-state index contributed by atoms with van der Waals surface area (Å²) in [5.74, 6) is -0.429. The minimum atomic E-state index is -0.429. The van der Waals surface area contributed by atoms with Gasteiger partial charge in [0.05, 0.1) is 7.11 Å². The van der Waals surface area contributed by atoms with Crippen molar-refractivity contribution >= 4 is 51.2 Å². The van der Waals surface area contributed by atoms with Crippen molar-refractivity contribution in [1.82, 2.24) is 5.32 Å². The zero-order valence-corrected chi connectivity index (χ0v) is 15.2. The summed E-state index contributed by atoms with van der Waals surface area (Å²) in [6.07, 6.45) is 0.959. The maximum atomic E-state index is 12.2. The van der Waals surface area contributed by atoms with Gasteiger partial charge in [0, 0.05) is 28.1 Å². The smallest absolute Gasteiger partial charge is 0.341 e. The molecule has 2 N–H and O–H groups in total. The van der Waals surface area contributed by atoms with Gasteiger partial charge >= 0.3 is 5.97 Å². The van der Waals surface area contributed by atoms with Crippen LogP contribution in [0.3, 0.4) is 0 Å². The van der Waals surface area contributed by atoms with E-state index in [9.17, 15) is 4.79 Å². The molecule has 0 aliphatic heterocycles. The van der Waals surface area contributed by atoms with Gasteiger partial charge in [0.1, 0.15) is 10.6 Å². The Balaban J connectivity index is 2.40. The van der Waals surface area contributed by atoms with Gasteiger partial charge in [0.2, 0.25) is 0 Å². The summed E-state index contributed by atoms with van der Waals surface area (Å²) in [5.41, 5.74) is 1.95. The Hall–Kier alpha value is -1.63. The highest BCUT2D eigenvalue weighted by molar-refractivity contribution is 7.80. The number of esters is 1. The number of benzene rings is 1. The van der Waals surface area contributed by atoms with E-state index in [0.717, 1.165) is 24.1 Å². The van der Waals surface area contributed by atoms with Crippen LogP contribution < -0.4 is 10.6 Å². The molecule has 2 aromatic rings. The molecule has 0 saturated heterocycles. The molecular weight excluding hydrogens is 352 g/mol. The maximum Gasteiger partial charge on any atom is 0.341 e. The van der Waals surface area contributed by atoms with Crippen LogP contribution in [-0.2, 0) is 4.74 Å². The number of ether oxygens (including phenoxy) is 1. The molecule has 7 heteroatoms. The van der Waals surface area contributed by atoms with E-state index < -0.39 is 5.97 Å². The number of anilines is 1. The van der Waals surface area contributed by atoms with Crippen LogP contribution in [0.5, 0.6) is 0 Å². The molecule has 23 heavy (non-hydrogen) atoms. The van der Waals surface area contributed by atoms with Crippen LogP contribution in [0.4, 0.5) is 5.00 Å². The average molecular weight is 369 g/mol. The van der Waals surface area contributed by atoms with Gasteiger partial charge in [-0.1, -0.05) is 36.7 Å². The molecule has 1 aromatic heterocycles. The molecule has 2 rings (SSSR count). The lowest BCUT2D eigenvalue weighted by atomic mass is 10.0. The predicted molar refractivity (Wildman–Crippen MR) is 101 cm³/mol. The van der Waals surface area contributed by atoms with Gasteiger partial charge in [-0.05, 0) is 24.7 Å². The lowest BCUT2D eigenvalue weighted by Crippen LogP contribution is -2.29. The van der Waals surface area contributed by atoms with E-state index in [1.54, 1.807) is 6.07 Å². The Labute approximate surface area is 149 Å². The molecule has 0 bridgehead atoms. The summed E-state index contributed by atoms with van der Waals surface area (Å²) in [6.45, 7) is 2.82. The Morgan fingerprint density at radius 2 is 2.09 bits per heavy atom. The first-order valence-corrected chi connectivity index (χ1v) is 8.74. The molecule has 0 atom stereocenters. The Morgan fingerprint density at radius 3 is 2.74 bits per heavy atom. The summed E-state index contributed by atoms with van der Waals surface area (Å²) >= 11 is 12.9. The zero-order chi connectivity index (χ0) is 16.8. The fraction of sp³-hybridized carbons (Fsp3) is 0.250. The summed E-state index contributed by atoms with van der Waals surface area (Å²) in [6, 6.07) is 7.38. The number of thiophene rings is 1. The SMILES string of the molecule is CCCNC(=S)Nc1scc(-c2ccccc2Cl)c1C(=O)OC. The molecule has 122 valence electrons. The van der Waals surface area contributed by atoms with Crippen LogP contribution in [-0.4, -0.2) is 24.7 Å². The molecule has 0 aliphatic rings. The Bertz CT molecular complexity index is 716. The third-order valence-corrected chi connectivity index (χ3v) is 4.58. The van der Waals surface area contributed by atoms with Crippen molar-refractivity contribution < 1.29 is 9.53 Å². The molecule has 0 radical (unpaired) electrons. The van der Waals surface area contributed by atoms with Crippen molar-refractivity contribution in [3.63, 3.8) is 0 Å². The molecule has 0 amide bonds. The first kappa shape index (κ1) is 17.7. The quantitative estimate of drug-likeness (QED) is 0.598. The van der Waals surface area contributed by atoms with Gasteiger partial charge in [-0.2, -0.15) is 0 Å². The number of rotatable bonds is 5. The standard InChI is InChI=1S/C16H17ClN2O2S2/c1-3-8-18-16(22)19-14-13(15(20)21-2)11(9-23-14)10-6-4-5-7-12(10)17/h4-7,9H,3,8H2,1-2H3,(H2,18,19,22). The van der Waals surface area contributed by atoms with Gasteiger partial charge in [0.25, 0.3) is 0 Å². The van der Waals surface area contributed by atoms with E-state index in [1.807, 2.05) is 23.6 Å². The van der Waals surface area contributed by atoms with E-state index in [0.29, 0.717) is 20.7 Å². The molecule has 0 saturated carbocycles. The highest BCUT2D eigenvalue weighted by Gasteiger charge is 2.22. The number of carbonyl (C=O) groups is 1. The number of hydrogen-bond donors (Lipinski definition) is 2. The normalized spacial score (nSPS) is 10.2. The first-order valence-electron chi connectivity index (χ1n) is 7.08. The van der Waals surface area contributed by atoms with Gasteiger partial charge in [0.15, 0.2) is 5.11 Å². The molecule has 0 spiro atoms. The molecule has 0 unspecified atom stereocenters. The van der Waals surface area contributed by atoms with Crippen molar-refractivity contribution in [2.45, 2.75) is 13.3 Å². The number of hydrogen-bond acceptors (Lipinski definition) is 4. The Kier molecular flexibility index (Phi) is 6.38. The van der Waals surface area contributed by atoms with Crippen LogP contribution in [0.2, 0.25) is 5.02 Å². The molecule has 1 heterocycles. The molecular formula is C16H17ClN2O2S2. The molecule has 4 nitrogen and oxygen atoms in total. The van der Waals surface area contributed by atoms with Crippen LogP contribution in [0.1, 0.15) is 23.7 Å². The van der Waals surface area contributed by atoms with Crippen molar-refractivity contribution in [3.05, 3.63) is 40.2 Å². The fourth-order valence-corrected chi connectivity index (χ4v) is 3.48. The fourth-order valence-electron chi connectivity index (χ4n) is 2.02. The van der Waals surface area contributed by atoms with E-state index in [4.69, 9.17) is 28.6 Å². The van der Waals surface area contributed by atoms with Crippen molar-refractivity contribution in [2.24, 2.45) is 0 Å². The van der Waals surface area contributed by atoms with Crippen molar-refractivity contribution in [3.8, 4) is 11.1 Å². The van der Waals surface area contributed by atoms with E-state index in [1.165, 1.54) is 18.4 Å². The van der Waals surface area contributed by atoms with Gasteiger partial charge < -0.3 is 15.4 Å². The van der Waals surface area contributed by atoms with Crippen LogP contribution in [0.25, 0.3) is 11.1 Å². The summed E-state index contributed by atoms with van der Waals surface area (Å²) < 4.78 is 4.92. The second kappa shape index (κ2) is 8.29. The third kappa shape index (κ3) is 4.22. The van der Waals surface area contributed by atoms with Crippen LogP contribution >= 0.6 is 35.2 Å². The van der Waals surface area contributed by atoms with Gasteiger partial charge in [-0.15, -0.1) is 11.3 Å². The predicted octanol–water partition coefficient (Wildman–Crippen LogP) is 4.55. The lowest BCUT2D eigenvalue weighted by molar-refractivity contribution is 0.0603. The number of nitrogens with one attached hydrogen (secondary N) is 2. The number of halogens is 1. The third-order valence-electron chi connectivity index (χ3n) is 3.11. The topological polar surface area (TPSA) is 50.4 Å². The number of carbonyl (C=O) groups excluding carboxylic acids is 1. The minimum Gasteiger partial charge on any atom is -0.465 e. The van der Waals surface area contributed by atoms with Crippen LogP contribution in [0.15, 0.2) is 29.6 Å². The van der Waals surface area contributed by atoms with Crippen LogP contribution in [0, 0.1) is 0 Å². The largest absolute Gasteiger partial charge is 0.465 e. The highest BCUT2D eigenvalue weighted by atomic mass is 35.5. The van der Waals surface area contributed by atoms with E-state index in [-0.39, 0.29) is 0 Å². The zero-order valence-electron chi connectivity index (χ0n) is 12.8. The average Bonchev–Trinajstić information content (AvgIpc) is 2.96. The second-order valence-electron chi connectivity index (χ2n) is 4.71. The molecule has 1 aromatic carbocycles. The minimum absolute atomic E-state index is 0.429.